The number of hydrogen-bond donors (Lipinski definition) is 1. The van der Waals surface area contributed by atoms with Crippen molar-refractivity contribution < 1.29 is 13.6 Å². The number of hydrazone groups is 1. The number of nitriles is 1. The lowest BCUT2D eigenvalue weighted by Gasteiger charge is -2.37. The van der Waals surface area contributed by atoms with Crippen LogP contribution in [0.5, 0.6) is 0 Å². The van der Waals surface area contributed by atoms with Crippen molar-refractivity contribution in [3.05, 3.63) is 71.3 Å². The lowest BCUT2D eigenvalue weighted by molar-refractivity contribution is 0.137. The summed E-state index contributed by atoms with van der Waals surface area (Å²) in [6.07, 6.45) is 2.60. The van der Waals surface area contributed by atoms with Crippen molar-refractivity contribution in [1.29, 1.82) is 5.26 Å². The van der Waals surface area contributed by atoms with E-state index in [1.807, 2.05) is 30.3 Å². The van der Waals surface area contributed by atoms with Gasteiger partial charge >= 0.3 is 6.03 Å². The van der Waals surface area contributed by atoms with Crippen LogP contribution in [0.3, 0.4) is 0 Å². The molecular formula is C23H25F2N7OS. The van der Waals surface area contributed by atoms with E-state index in [0.29, 0.717) is 19.4 Å². The number of guanidine groups is 1. The smallest absolute Gasteiger partial charge is 0.341 e. The summed E-state index contributed by atoms with van der Waals surface area (Å²) in [5, 5.41) is 14.8. The van der Waals surface area contributed by atoms with Gasteiger partial charge in [0.1, 0.15) is 21.5 Å². The van der Waals surface area contributed by atoms with Gasteiger partial charge in [-0.05, 0) is 36.6 Å². The molecule has 2 N–H and O–H groups in total. The van der Waals surface area contributed by atoms with E-state index in [0.717, 1.165) is 23.8 Å². The van der Waals surface area contributed by atoms with Crippen LogP contribution in [0.4, 0.5) is 13.6 Å². The second-order valence-electron chi connectivity index (χ2n) is 7.87. The maximum absolute atomic E-state index is 14.6. The highest BCUT2D eigenvalue weighted by Gasteiger charge is 2.49. The van der Waals surface area contributed by atoms with Gasteiger partial charge in [-0.25, -0.2) is 13.6 Å². The first-order valence-corrected chi connectivity index (χ1v) is 11.2. The van der Waals surface area contributed by atoms with Gasteiger partial charge in [-0.1, -0.05) is 42.1 Å². The van der Waals surface area contributed by atoms with Crippen LogP contribution in [0.1, 0.15) is 24.0 Å². The molecule has 178 valence electrons. The van der Waals surface area contributed by atoms with E-state index in [2.05, 4.69) is 10.1 Å². The number of aliphatic imine (C=N–C) groups is 1. The number of nitrogens with zero attached hydrogens (tertiary/aromatic N) is 6. The minimum atomic E-state index is -1.02. The summed E-state index contributed by atoms with van der Waals surface area (Å²) >= 11 is 1.20. The van der Waals surface area contributed by atoms with E-state index >= 15 is 0 Å². The molecule has 0 radical (unpaired) electrons. The summed E-state index contributed by atoms with van der Waals surface area (Å²) in [5.74, 6) is -1.15. The molecule has 0 aliphatic carbocycles. The van der Waals surface area contributed by atoms with Crippen LogP contribution in [-0.4, -0.2) is 59.5 Å². The van der Waals surface area contributed by atoms with Crippen molar-refractivity contribution in [1.82, 2.24) is 14.8 Å². The maximum Gasteiger partial charge on any atom is 0.341 e. The van der Waals surface area contributed by atoms with Crippen LogP contribution in [0, 0.1) is 23.1 Å². The minimum absolute atomic E-state index is 0.0121. The van der Waals surface area contributed by atoms with Gasteiger partial charge in [0, 0.05) is 33.3 Å². The van der Waals surface area contributed by atoms with E-state index in [9.17, 15) is 13.6 Å². The van der Waals surface area contributed by atoms with Crippen LogP contribution in [0.25, 0.3) is 0 Å². The van der Waals surface area contributed by atoms with Crippen molar-refractivity contribution in [3.63, 3.8) is 0 Å². The molecule has 34 heavy (non-hydrogen) atoms. The number of nitrogens with two attached hydrogens (primary N) is 1. The largest absolute Gasteiger partial charge is 0.369 e. The third-order valence-corrected chi connectivity index (χ3v) is 6.76. The summed E-state index contributed by atoms with van der Waals surface area (Å²) < 4.78 is 28.6. The third-order valence-electron chi connectivity index (χ3n) is 5.31. The molecule has 0 bridgehead atoms. The van der Waals surface area contributed by atoms with Crippen LogP contribution in [-0.2, 0) is 4.87 Å². The first kappa shape index (κ1) is 25.0. The maximum atomic E-state index is 14.6. The standard InChI is InChI=1S/C23H25F2N7OS/c1-30(2)22(33)32-23(16-8-5-4-6-9-16,12-7-13-31(3)21(27)28-15-26)34-20(29-32)18-14-17(24)10-11-19(18)25/h4-6,8-11,14H,7,12-13H2,1-3H3,(H2,27,28). The van der Waals surface area contributed by atoms with Gasteiger partial charge in [0.25, 0.3) is 0 Å². The first-order valence-electron chi connectivity index (χ1n) is 10.4. The quantitative estimate of drug-likeness (QED) is 0.382. The number of carbonyl (C=O) groups is 1. The molecule has 0 spiro atoms. The zero-order valence-corrected chi connectivity index (χ0v) is 19.9. The second-order valence-corrected chi connectivity index (χ2v) is 9.13. The molecular weight excluding hydrogens is 460 g/mol. The molecule has 0 saturated heterocycles. The summed E-state index contributed by atoms with van der Waals surface area (Å²) in [6, 6.07) is 12.1. The molecule has 0 aromatic heterocycles. The van der Waals surface area contributed by atoms with Crippen LogP contribution in [0.15, 0.2) is 58.6 Å². The Bertz CT molecular complexity index is 1150. The Morgan fingerprint density at radius 3 is 2.59 bits per heavy atom. The highest BCUT2D eigenvalue weighted by molar-refractivity contribution is 8.15. The lowest BCUT2D eigenvalue weighted by Crippen LogP contribution is -2.46. The van der Waals surface area contributed by atoms with E-state index in [4.69, 9.17) is 11.0 Å². The fourth-order valence-corrected chi connectivity index (χ4v) is 4.95. The lowest BCUT2D eigenvalue weighted by atomic mass is 10.00. The monoisotopic (exact) mass is 485 g/mol. The number of halogens is 2. The summed E-state index contributed by atoms with van der Waals surface area (Å²) in [6.45, 7) is 0.444. The third kappa shape index (κ3) is 5.12. The molecule has 2 aromatic carbocycles. The second kappa shape index (κ2) is 10.5. The van der Waals surface area contributed by atoms with E-state index in [1.54, 1.807) is 32.2 Å². The summed E-state index contributed by atoms with van der Waals surface area (Å²) in [5.41, 5.74) is 6.56. The van der Waals surface area contributed by atoms with Crippen molar-refractivity contribution in [2.45, 2.75) is 17.7 Å². The molecule has 11 heteroatoms. The predicted molar refractivity (Wildman–Crippen MR) is 129 cm³/mol. The molecule has 2 amide bonds. The van der Waals surface area contributed by atoms with Gasteiger partial charge in [-0.3, -0.25) is 0 Å². The Morgan fingerprint density at radius 2 is 1.94 bits per heavy atom. The first-order chi connectivity index (χ1) is 16.2. The van der Waals surface area contributed by atoms with Crippen molar-refractivity contribution in [2.24, 2.45) is 15.8 Å². The number of benzene rings is 2. The minimum Gasteiger partial charge on any atom is -0.369 e. The number of hydrogen-bond acceptors (Lipinski definition) is 5. The predicted octanol–water partition coefficient (Wildman–Crippen LogP) is 3.72. The fraction of sp³-hybridized carbons (Fsp3) is 0.304. The Labute approximate surface area is 201 Å². The number of urea groups is 1. The van der Waals surface area contributed by atoms with Gasteiger partial charge in [-0.15, -0.1) is 4.99 Å². The van der Waals surface area contributed by atoms with E-state index < -0.39 is 22.5 Å². The zero-order valence-electron chi connectivity index (χ0n) is 19.1. The summed E-state index contributed by atoms with van der Waals surface area (Å²) in [7, 11) is 4.91. The molecule has 2 aromatic rings. The number of carbonyl (C=O) groups excluding carboxylic acids is 1. The Hall–Kier alpha value is -3.65. The molecule has 1 unspecified atom stereocenters. The average Bonchev–Trinajstić information content (AvgIpc) is 3.21. The number of rotatable bonds is 6. The van der Waals surface area contributed by atoms with Crippen molar-refractivity contribution in [2.75, 3.05) is 27.7 Å². The molecule has 1 aliphatic heterocycles. The van der Waals surface area contributed by atoms with Gasteiger partial charge in [0.2, 0.25) is 12.2 Å². The summed E-state index contributed by atoms with van der Waals surface area (Å²) in [4.78, 5) is 18.8. The fourth-order valence-electron chi connectivity index (χ4n) is 3.54. The number of thioether (sulfide) groups is 1. The Kier molecular flexibility index (Phi) is 7.73. The van der Waals surface area contributed by atoms with Gasteiger partial charge in [-0.2, -0.15) is 15.4 Å². The van der Waals surface area contributed by atoms with Gasteiger partial charge in [0.15, 0.2) is 0 Å². The SMILES string of the molecule is CN(C)C(=O)N1N=C(c2cc(F)ccc2F)SC1(CCCN(C)C(N)=NC#N)c1ccccc1. The number of amides is 2. The van der Waals surface area contributed by atoms with Gasteiger partial charge in [0.05, 0.1) is 0 Å². The van der Waals surface area contributed by atoms with Crippen molar-refractivity contribution in [3.8, 4) is 6.19 Å². The topological polar surface area (TPSA) is 101 Å². The molecule has 0 saturated carbocycles. The average molecular weight is 486 g/mol. The van der Waals surface area contributed by atoms with E-state index in [1.165, 1.54) is 21.7 Å². The Balaban J connectivity index is 2.04. The normalized spacial score (nSPS) is 17.8. The Morgan fingerprint density at radius 1 is 1.24 bits per heavy atom. The highest BCUT2D eigenvalue weighted by atomic mass is 32.2. The van der Waals surface area contributed by atoms with Crippen LogP contribution >= 0.6 is 11.8 Å². The van der Waals surface area contributed by atoms with Crippen LogP contribution in [0.2, 0.25) is 0 Å². The zero-order chi connectivity index (χ0) is 24.9. The molecule has 1 heterocycles. The molecule has 0 fully saturated rings. The molecule has 8 nitrogen and oxygen atoms in total. The van der Waals surface area contributed by atoms with Crippen molar-refractivity contribution >= 4 is 28.8 Å². The van der Waals surface area contributed by atoms with E-state index in [-0.39, 0.29) is 16.6 Å². The molecule has 1 aliphatic rings. The molecule has 1 atom stereocenters. The van der Waals surface area contributed by atoms with Crippen LogP contribution < -0.4 is 5.73 Å². The highest BCUT2D eigenvalue weighted by Crippen LogP contribution is 2.50. The van der Waals surface area contributed by atoms with Gasteiger partial charge < -0.3 is 15.5 Å². The molecule has 3 rings (SSSR count).